The standard InChI is InChI=1S/C38H25N3S2/c1-38(2)29-13-7-9-15-34(29)43-36-26(22-39)18-25(19-30(36)38)37-40-31(23-10-4-3-5-11-23)21-32(41-37)24-16-17-28-27-12-6-8-14-33(27)42-35(28)20-24/h3-21H,1-2H3. The van der Waals surface area contributed by atoms with Crippen LogP contribution in [0.15, 0.2) is 125 Å². The fourth-order valence-corrected chi connectivity index (χ4v) is 8.69. The molecule has 0 atom stereocenters. The average Bonchev–Trinajstić information content (AvgIpc) is 3.43. The molecule has 0 saturated heterocycles. The zero-order chi connectivity index (χ0) is 29.1. The molecule has 0 unspecified atom stereocenters. The van der Waals surface area contributed by atoms with Crippen LogP contribution in [0.1, 0.15) is 30.5 Å². The smallest absolute Gasteiger partial charge is 0.160 e. The van der Waals surface area contributed by atoms with E-state index < -0.39 is 0 Å². The monoisotopic (exact) mass is 587 g/mol. The predicted octanol–water partition coefficient (Wildman–Crippen LogP) is 10.5. The number of benzene rings is 5. The van der Waals surface area contributed by atoms with E-state index in [1.807, 2.05) is 24.3 Å². The molecule has 3 heterocycles. The highest BCUT2D eigenvalue weighted by Crippen LogP contribution is 2.51. The number of nitrogens with zero attached hydrogens (tertiary/aromatic N) is 3. The molecule has 43 heavy (non-hydrogen) atoms. The highest BCUT2D eigenvalue weighted by atomic mass is 32.2. The first-order valence-corrected chi connectivity index (χ1v) is 15.9. The molecule has 0 amide bonds. The van der Waals surface area contributed by atoms with E-state index in [-0.39, 0.29) is 5.41 Å². The van der Waals surface area contributed by atoms with E-state index in [1.165, 1.54) is 30.6 Å². The summed E-state index contributed by atoms with van der Waals surface area (Å²) in [5.41, 5.74) is 7.42. The van der Waals surface area contributed by atoms with Gasteiger partial charge in [-0.05, 0) is 47.5 Å². The minimum atomic E-state index is -0.273. The summed E-state index contributed by atoms with van der Waals surface area (Å²) >= 11 is 3.48. The Balaban J connectivity index is 1.33. The molecule has 7 aromatic rings. The maximum atomic E-state index is 10.3. The fraction of sp³-hybridized carbons (Fsp3) is 0.0789. The van der Waals surface area contributed by atoms with Gasteiger partial charge in [-0.1, -0.05) is 104 Å². The first-order chi connectivity index (χ1) is 21.0. The van der Waals surface area contributed by atoms with Crippen LogP contribution < -0.4 is 0 Å². The number of hydrogen-bond acceptors (Lipinski definition) is 5. The van der Waals surface area contributed by atoms with Crippen molar-refractivity contribution in [1.29, 1.82) is 5.26 Å². The number of hydrogen-bond donors (Lipinski definition) is 0. The van der Waals surface area contributed by atoms with Gasteiger partial charge in [0.1, 0.15) is 6.07 Å². The van der Waals surface area contributed by atoms with Crippen LogP contribution in [-0.2, 0) is 5.41 Å². The molecule has 8 rings (SSSR count). The quantitative estimate of drug-likeness (QED) is 0.206. The van der Waals surface area contributed by atoms with Crippen molar-refractivity contribution < 1.29 is 0 Å². The summed E-state index contributed by atoms with van der Waals surface area (Å²) in [5, 5.41) is 12.8. The third-order valence-corrected chi connectivity index (χ3v) is 10.7. The second-order valence-corrected chi connectivity index (χ2v) is 13.5. The molecule has 0 N–H and O–H groups in total. The highest BCUT2D eigenvalue weighted by Gasteiger charge is 2.35. The van der Waals surface area contributed by atoms with E-state index in [2.05, 4.69) is 111 Å². The summed E-state index contributed by atoms with van der Waals surface area (Å²) in [6.07, 6.45) is 0. The normalized spacial score (nSPS) is 13.4. The molecular weight excluding hydrogens is 563 g/mol. The van der Waals surface area contributed by atoms with E-state index in [0.717, 1.165) is 38.5 Å². The number of rotatable bonds is 3. The summed E-state index contributed by atoms with van der Waals surface area (Å²) in [6.45, 7) is 4.48. The maximum Gasteiger partial charge on any atom is 0.160 e. The van der Waals surface area contributed by atoms with Gasteiger partial charge in [0, 0.05) is 52.1 Å². The molecule has 2 aromatic heterocycles. The highest BCUT2D eigenvalue weighted by molar-refractivity contribution is 7.99. The number of fused-ring (bicyclic) bond motifs is 5. The molecule has 204 valence electrons. The lowest BCUT2D eigenvalue weighted by molar-refractivity contribution is 0.607. The Morgan fingerprint density at radius 2 is 1.35 bits per heavy atom. The minimum absolute atomic E-state index is 0.273. The van der Waals surface area contributed by atoms with Gasteiger partial charge in [0.05, 0.1) is 17.0 Å². The topological polar surface area (TPSA) is 49.6 Å². The molecule has 0 aliphatic carbocycles. The van der Waals surface area contributed by atoms with Crippen LogP contribution in [-0.4, -0.2) is 9.97 Å². The first-order valence-electron chi connectivity index (χ1n) is 14.2. The largest absolute Gasteiger partial charge is 0.228 e. The predicted molar refractivity (Wildman–Crippen MR) is 179 cm³/mol. The molecule has 1 aliphatic rings. The molecule has 5 aromatic carbocycles. The van der Waals surface area contributed by atoms with Gasteiger partial charge in [0.15, 0.2) is 5.82 Å². The van der Waals surface area contributed by atoms with Crippen LogP contribution in [0.2, 0.25) is 0 Å². The molecule has 0 radical (unpaired) electrons. The summed E-state index contributed by atoms with van der Waals surface area (Å²) in [5.74, 6) is 0.617. The van der Waals surface area contributed by atoms with Gasteiger partial charge >= 0.3 is 0 Å². The summed E-state index contributed by atoms with van der Waals surface area (Å²) < 4.78 is 2.52. The van der Waals surface area contributed by atoms with E-state index in [4.69, 9.17) is 9.97 Å². The Hall–Kier alpha value is -4.76. The molecule has 0 bridgehead atoms. The van der Waals surface area contributed by atoms with Crippen molar-refractivity contribution in [1.82, 2.24) is 9.97 Å². The number of thiophene rings is 1. The number of nitriles is 1. The van der Waals surface area contributed by atoms with Gasteiger partial charge in [-0.2, -0.15) is 5.26 Å². The Morgan fingerprint density at radius 3 is 2.19 bits per heavy atom. The van der Waals surface area contributed by atoms with E-state index in [1.54, 1.807) is 23.1 Å². The fourth-order valence-electron chi connectivity index (χ4n) is 6.11. The van der Waals surface area contributed by atoms with Crippen molar-refractivity contribution in [3.63, 3.8) is 0 Å². The van der Waals surface area contributed by atoms with Crippen LogP contribution in [0.3, 0.4) is 0 Å². The first kappa shape index (κ1) is 25.9. The third-order valence-electron chi connectivity index (χ3n) is 8.38. The Bertz CT molecular complexity index is 2260. The Morgan fingerprint density at radius 1 is 0.628 bits per heavy atom. The molecule has 5 heteroatoms. The molecule has 0 spiro atoms. The van der Waals surface area contributed by atoms with Gasteiger partial charge in [-0.25, -0.2) is 9.97 Å². The SMILES string of the molecule is CC1(C)c2ccccc2Sc2c(C#N)cc(-c3nc(-c4ccccc4)cc(-c4ccc5c(c4)sc4ccccc45)n3)cc21. The number of aromatic nitrogens is 2. The second kappa shape index (κ2) is 9.91. The zero-order valence-corrected chi connectivity index (χ0v) is 25.3. The van der Waals surface area contributed by atoms with E-state index in [9.17, 15) is 5.26 Å². The zero-order valence-electron chi connectivity index (χ0n) is 23.6. The molecule has 1 aliphatic heterocycles. The molecule has 0 fully saturated rings. The summed E-state index contributed by atoms with van der Waals surface area (Å²) in [6, 6.07) is 42.6. The van der Waals surface area contributed by atoms with Crippen LogP contribution in [0.25, 0.3) is 54.1 Å². The van der Waals surface area contributed by atoms with Crippen molar-refractivity contribution >= 4 is 43.3 Å². The van der Waals surface area contributed by atoms with Crippen LogP contribution in [0.4, 0.5) is 0 Å². The van der Waals surface area contributed by atoms with Crippen LogP contribution in [0.5, 0.6) is 0 Å². The Kier molecular flexibility index (Phi) is 5.97. The van der Waals surface area contributed by atoms with Crippen molar-refractivity contribution in [2.45, 2.75) is 29.1 Å². The van der Waals surface area contributed by atoms with E-state index in [0.29, 0.717) is 11.4 Å². The second-order valence-electron chi connectivity index (χ2n) is 11.4. The minimum Gasteiger partial charge on any atom is -0.228 e. The molecule has 0 saturated carbocycles. The average molecular weight is 588 g/mol. The summed E-state index contributed by atoms with van der Waals surface area (Å²) in [7, 11) is 0. The maximum absolute atomic E-state index is 10.3. The van der Waals surface area contributed by atoms with Gasteiger partial charge in [-0.15, -0.1) is 11.3 Å². The van der Waals surface area contributed by atoms with Gasteiger partial charge in [-0.3, -0.25) is 0 Å². The van der Waals surface area contributed by atoms with Crippen molar-refractivity contribution in [3.8, 4) is 40.0 Å². The van der Waals surface area contributed by atoms with E-state index >= 15 is 0 Å². The van der Waals surface area contributed by atoms with Crippen molar-refractivity contribution in [3.05, 3.63) is 132 Å². The van der Waals surface area contributed by atoms with Crippen LogP contribution in [0, 0.1) is 11.3 Å². The Labute approximate surface area is 258 Å². The lowest BCUT2D eigenvalue weighted by Crippen LogP contribution is -2.24. The summed E-state index contributed by atoms with van der Waals surface area (Å²) in [4.78, 5) is 12.5. The lowest BCUT2D eigenvalue weighted by atomic mass is 9.76. The van der Waals surface area contributed by atoms with Crippen molar-refractivity contribution in [2.24, 2.45) is 0 Å². The third kappa shape index (κ3) is 4.26. The molecule has 3 nitrogen and oxygen atoms in total. The lowest BCUT2D eigenvalue weighted by Gasteiger charge is -2.35. The van der Waals surface area contributed by atoms with Gasteiger partial charge < -0.3 is 0 Å². The van der Waals surface area contributed by atoms with Gasteiger partial charge in [0.25, 0.3) is 0 Å². The molecular formula is C38H25N3S2. The van der Waals surface area contributed by atoms with Crippen molar-refractivity contribution in [2.75, 3.05) is 0 Å². The van der Waals surface area contributed by atoms with Crippen LogP contribution >= 0.6 is 23.1 Å². The van der Waals surface area contributed by atoms with Gasteiger partial charge in [0.2, 0.25) is 0 Å².